The van der Waals surface area contributed by atoms with Crippen LogP contribution in [0, 0.1) is 0 Å². The van der Waals surface area contributed by atoms with Gasteiger partial charge in [-0.05, 0) is 46.6 Å². The van der Waals surface area contributed by atoms with Crippen LogP contribution in [0.1, 0.15) is 46.2 Å². The van der Waals surface area contributed by atoms with E-state index in [2.05, 4.69) is 15.3 Å². The molecule has 2 rings (SSSR count). The summed E-state index contributed by atoms with van der Waals surface area (Å²) in [5, 5.41) is 2.80. The molecule has 0 spiro atoms. The van der Waals surface area contributed by atoms with Crippen molar-refractivity contribution in [3.63, 3.8) is 0 Å². The van der Waals surface area contributed by atoms with Gasteiger partial charge in [-0.2, -0.15) is 13.2 Å². The Hall–Kier alpha value is -2.06. The molecule has 0 bridgehead atoms. The monoisotopic (exact) mass is 360 g/mol. The lowest BCUT2D eigenvalue weighted by atomic mass is 9.99. The second-order valence-corrected chi connectivity index (χ2v) is 7.15. The van der Waals surface area contributed by atoms with Crippen LogP contribution < -0.4 is 10.2 Å². The molecule has 9 heteroatoms. The number of hydrogen-bond donors (Lipinski definition) is 1. The first-order valence-corrected chi connectivity index (χ1v) is 8.12. The highest BCUT2D eigenvalue weighted by Gasteiger charge is 2.35. The molecular formula is C16H23F3N4O2. The summed E-state index contributed by atoms with van der Waals surface area (Å²) in [6, 6.07) is 0.634. The number of piperidine rings is 1. The summed E-state index contributed by atoms with van der Waals surface area (Å²) in [6.07, 6.45) is -2.74. The number of hydrogen-bond acceptors (Lipinski definition) is 5. The molecule has 1 N–H and O–H groups in total. The van der Waals surface area contributed by atoms with Gasteiger partial charge in [-0.3, -0.25) is 0 Å². The van der Waals surface area contributed by atoms with E-state index in [9.17, 15) is 18.0 Å². The molecule has 140 valence electrons. The third kappa shape index (κ3) is 5.47. The van der Waals surface area contributed by atoms with Crippen LogP contribution in [0.5, 0.6) is 0 Å². The third-order valence-electron chi connectivity index (χ3n) is 3.79. The summed E-state index contributed by atoms with van der Waals surface area (Å²) in [6.45, 7) is 7.66. The Morgan fingerprint density at radius 1 is 1.36 bits per heavy atom. The number of nitrogens with zero attached hydrogens (tertiary/aromatic N) is 3. The van der Waals surface area contributed by atoms with E-state index in [4.69, 9.17) is 4.74 Å². The van der Waals surface area contributed by atoms with Gasteiger partial charge in [0.2, 0.25) is 5.95 Å². The first-order chi connectivity index (χ1) is 11.5. The predicted molar refractivity (Wildman–Crippen MR) is 86.2 cm³/mol. The van der Waals surface area contributed by atoms with Gasteiger partial charge < -0.3 is 15.0 Å². The molecule has 25 heavy (non-hydrogen) atoms. The number of ether oxygens (including phenoxy) is 1. The van der Waals surface area contributed by atoms with Crippen molar-refractivity contribution in [3.05, 3.63) is 18.0 Å². The van der Waals surface area contributed by atoms with E-state index in [-0.39, 0.29) is 18.0 Å². The fourth-order valence-corrected chi connectivity index (χ4v) is 2.72. The van der Waals surface area contributed by atoms with Gasteiger partial charge in [0.25, 0.3) is 0 Å². The normalized spacial score (nSPS) is 21.8. The van der Waals surface area contributed by atoms with Crippen molar-refractivity contribution in [1.82, 2.24) is 15.3 Å². The topological polar surface area (TPSA) is 67.3 Å². The predicted octanol–water partition coefficient (Wildman–Crippen LogP) is 3.38. The Morgan fingerprint density at radius 2 is 2.04 bits per heavy atom. The molecule has 0 aliphatic carbocycles. The lowest BCUT2D eigenvalue weighted by molar-refractivity contribution is -0.141. The highest BCUT2D eigenvalue weighted by atomic mass is 19.4. The van der Waals surface area contributed by atoms with Crippen LogP contribution in [0.4, 0.5) is 23.9 Å². The molecule has 0 aromatic carbocycles. The minimum Gasteiger partial charge on any atom is -0.444 e. The molecule has 2 atom stereocenters. The maximum absolute atomic E-state index is 12.8. The van der Waals surface area contributed by atoms with Gasteiger partial charge in [-0.1, -0.05) is 0 Å². The van der Waals surface area contributed by atoms with E-state index in [1.165, 1.54) is 0 Å². The van der Waals surface area contributed by atoms with Crippen LogP contribution in [0.15, 0.2) is 12.3 Å². The number of rotatable bonds is 2. The van der Waals surface area contributed by atoms with Crippen molar-refractivity contribution in [3.8, 4) is 0 Å². The fraction of sp³-hybridized carbons (Fsp3) is 0.688. The molecule has 1 aliphatic heterocycles. The number of alkyl halides is 3. The Morgan fingerprint density at radius 3 is 2.60 bits per heavy atom. The lowest BCUT2D eigenvalue weighted by Gasteiger charge is -2.38. The van der Waals surface area contributed by atoms with E-state index in [0.717, 1.165) is 12.3 Å². The minimum absolute atomic E-state index is 0.0537. The van der Waals surface area contributed by atoms with E-state index in [1.54, 1.807) is 25.7 Å². The molecule has 1 fully saturated rings. The lowest BCUT2D eigenvalue weighted by Crippen LogP contribution is -2.50. The second kappa shape index (κ2) is 7.05. The number of carbonyl (C=O) groups is 1. The standard InChI is InChI=1S/C16H23F3N4O2/c1-10-9-11(21-14(24)25-15(2,3)4)6-8-23(10)13-20-7-5-12(22-13)16(17,18)19/h5,7,10-11H,6,8-9H2,1-4H3,(H,21,24). The zero-order valence-electron chi connectivity index (χ0n) is 14.7. The summed E-state index contributed by atoms with van der Waals surface area (Å²) in [4.78, 5) is 21.2. The van der Waals surface area contributed by atoms with Crippen molar-refractivity contribution >= 4 is 12.0 Å². The van der Waals surface area contributed by atoms with Crippen molar-refractivity contribution in [2.24, 2.45) is 0 Å². The summed E-state index contributed by atoms with van der Waals surface area (Å²) >= 11 is 0. The third-order valence-corrected chi connectivity index (χ3v) is 3.79. The first kappa shape index (κ1) is 19.3. The molecule has 2 heterocycles. The zero-order valence-corrected chi connectivity index (χ0v) is 14.7. The summed E-state index contributed by atoms with van der Waals surface area (Å²) in [7, 11) is 0. The first-order valence-electron chi connectivity index (χ1n) is 8.12. The van der Waals surface area contributed by atoms with Gasteiger partial charge in [-0.15, -0.1) is 0 Å². The van der Waals surface area contributed by atoms with E-state index < -0.39 is 23.6 Å². The average molecular weight is 360 g/mol. The largest absolute Gasteiger partial charge is 0.444 e. The molecule has 0 saturated carbocycles. The van der Waals surface area contributed by atoms with Crippen LogP contribution >= 0.6 is 0 Å². The van der Waals surface area contributed by atoms with Crippen LogP contribution in [0.3, 0.4) is 0 Å². The maximum Gasteiger partial charge on any atom is 0.433 e. The number of alkyl carbamates (subject to hydrolysis) is 1. The van der Waals surface area contributed by atoms with Gasteiger partial charge in [0.15, 0.2) is 0 Å². The van der Waals surface area contributed by atoms with E-state index in [0.29, 0.717) is 19.4 Å². The van der Waals surface area contributed by atoms with Crippen molar-refractivity contribution < 1.29 is 22.7 Å². The molecule has 0 radical (unpaired) electrons. The smallest absolute Gasteiger partial charge is 0.433 e. The number of aromatic nitrogens is 2. The van der Waals surface area contributed by atoms with Gasteiger partial charge in [0.1, 0.15) is 11.3 Å². The quantitative estimate of drug-likeness (QED) is 0.876. The maximum atomic E-state index is 12.8. The fourth-order valence-electron chi connectivity index (χ4n) is 2.72. The van der Waals surface area contributed by atoms with E-state index >= 15 is 0 Å². The summed E-state index contributed by atoms with van der Waals surface area (Å²) < 4.78 is 43.6. The molecule has 2 unspecified atom stereocenters. The summed E-state index contributed by atoms with van der Waals surface area (Å²) in [5.41, 5.74) is -1.54. The second-order valence-electron chi connectivity index (χ2n) is 7.15. The Bertz CT molecular complexity index is 616. The van der Waals surface area contributed by atoms with Crippen molar-refractivity contribution in [1.29, 1.82) is 0 Å². The Balaban J connectivity index is 1.99. The average Bonchev–Trinajstić information content (AvgIpc) is 2.44. The number of nitrogens with one attached hydrogen (secondary N) is 1. The van der Waals surface area contributed by atoms with Crippen LogP contribution in [0.2, 0.25) is 0 Å². The minimum atomic E-state index is -4.50. The van der Waals surface area contributed by atoms with E-state index in [1.807, 2.05) is 6.92 Å². The molecular weight excluding hydrogens is 337 g/mol. The van der Waals surface area contributed by atoms with Gasteiger partial charge in [-0.25, -0.2) is 14.8 Å². The Labute approximate surface area is 144 Å². The molecule has 1 aromatic heterocycles. The van der Waals surface area contributed by atoms with Crippen LogP contribution in [0.25, 0.3) is 0 Å². The van der Waals surface area contributed by atoms with Crippen molar-refractivity contribution in [2.75, 3.05) is 11.4 Å². The Kier molecular flexibility index (Phi) is 5.43. The highest BCUT2D eigenvalue weighted by molar-refractivity contribution is 5.68. The molecule has 1 saturated heterocycles. The molecule has 1 aromatic rings. The van der Waals surface area contributed by atoms with Crippen LogP contribution in [-0.2, 0) is 10.9 Å². The molecule has 1 amide bonds. The van der Waals surface area contributed by atoms with Gasteiger partial charge in [0, 0.05) is 24.8 Å². The molecule has 6 nitrogen and oxygen atoms in total. The van der Waals surface area contributed by atoms with Gasteiger partial charge in [0.05, 0.1) is 0 Å². The van der Waals surface area contributed by atoms with Crippen LogP contribution in [-0.4, -0.2) is 40.3 Å². The molecule has 1 aliphatic rings. The summed E-state index contributed by atoms with van der Waals surface area (Å²) in [5.74, 6) is 0.0537. The SMILES string of the molecule is CC1CC(NC(=O)OC(C)(C)C)CCN1c1nccc(C(F)(F)F)n1. The number of anilines is 1. The number of halogens is 3. The number of carbonyl (C=O) groups excluding carboxylic acids is 1. The highest BCUT2D eigenvalue weighted by Crippen LogP contribution is 2.29. The van der Waals surface area contributed by atoms with Crippen molar-refractivity contribution in [2.45, 2.75) is 64.4 Å². The zero-order chi connectivity index (χ0) is 18.8. The number of amides is 1. The van der Waals surface area contributed by atoms with Gasteiger partial charge >= 0.3 is 12.3 Å².